The van der Waals surface area contributed by atoms with Crippen molar-refractivity contribution in [2.24, 2.45) is 0 Å². The standard InChI is InChI=1S/2C7H7.2ClH.2Mg.H2O/c2*1-7-5-3-2-4-6-7;;;;;/h2*2-6H,1H2;2*1H;;;1H2/q;;;;2*+1;/p-2. The van der Waals surface area contributed by atoms with Crippen LogP contribution in [0.15, 0.2) is 60.7 Å². The van der Waals surface area contributed by atoms with Gasteiger partial charge in [-0.3, -0.25) is 0 Å². The van der Waals surface area contributed by atoms with Crippen LogP contribution in [0, 0.1) is 0 Å². The highest BCUT2D eigenvalue weighted by atomic mass is 35.5. The zero-order chi connectivity index (χ0) is 13.1. The SMILES string of the molecule is O.[Cl][Mg][CH2]c1ccccc1.[Cl][Mg][CH2]c1ccccc1. The van der Waals surface area contributed by atoms with Crippen LogP contribution in [0.25, 0.3) is 0 Å². The summed E-state index contributed by atoms with van der Waals surface area (Å²) < 4.78 is 2.23. The largest absolute Gasteiger partial charge is 0.505 e. The molecule has 0 amide bonds. The summed E-state index contributed by atoms with van der Waals surface area (Å²) in [5, 5.41) is 0. The van der Waals surface area contributed by atoms with Gasteiger partial charge < -0.3 is 23.6 Å². The smallest absolute Gasteiger partial charge is 0.412 e. The maximum absolute atomic E-state index is 5.67. The van der Waals surface area contributed by atoms with Gasteiger partial charge in [0.05, 0.1) is 0 Å². The molecule has 2 aromatic rings. The monoisotopic (exact) mass is 318 g/mol. The average molecular weight is 320 g/mol. The second-order valence-electron chi connectivity index (χ2n) is 3.85. The number of hydrogen-bond donors (Lipinski definition) is 0. The van der Waals surface area contributed by atoms with E-state index < -0.39 is 0 Å². The molecule has 1 nitrogen and oxygen atoms in total. The molecule has 19 heavy (non-hydrogen) atoms. The van der Waals surface area contributed by atoms with E-state index in [2.05, 4.69) is 48.5 Å². The Labute approximate surface area is 142 Å². The highest BCUT2D eigenvalue weighted by Crippen LogP contribution is 1.99. The predicted molar refractivity (Wildman–Crippen MR) is 87.1 cm³/mol. The highest BCUT2D eigenvalue weighted by Gasteiger charge is 1.91. The van der Waals surface area contributed by atoms with Crippen molar-refractivity contribution in [3.05, 3.63) is 71.8 Å². The van der Waals surface area contributed by atoms with E-state index in [1.807, 2.05) is 12.1 Å². The third-order valence-corrected chi connectivity index (χ3v) is 5.12. The van der Waals surface area contributed by atoms with Gasteiger partial charge in [-0.15, -0.1) is 0 Å². The van der Waals surface area contributed by atoms with E-state index >= 15 is 0 Å². The summed E-state index contributed by atoms with van der Waals surface area (Å²) in [4.78, 5) is 0. The molecule has 96 valence electrons. The second-order valence-corrected chi connectivity index (χ2v) is 7.87. The van der Waals surface area contributed by atoms with Crippen LogP contribution in [0.3, 0.4) is 0 Å². The fraction of sp³-hybridized carbons (Fsp3) is 0.143. The van der Waals surface area contributed by atoms with E-state index in [-0.39, 0.29) is 44.0 Å². The van der Waals surface area contributed by atoms with E-state index in [1.165, 1.54) is 11.1 Å². The van der Waals surface area contributed by atoms with Crippen LogP contribution in [0.5, 0.6) is 0 Å². The van der Waals surface area contributed by atoms with E-state index in [0.717, 1.165) is 9.10 Å². The van der Waals surface area contributed by atoms with Crippen LogP contribution >= 0.6 is 18.1 Å². The van der Waals surface area contributed by atoms with Crippen LogP contribution in [0.2, 0.25) is 0 Å². The first-order valence-electron chi connectivity index (χ1n) is 6.06. The summed E-state index contributed by atoms with van der Waals surface area (Å²) in [6.45, 7) is 0. The van der Waals surface area contributed by atoms with Gasteiger partial charge in [-0.05, 0) is 0 Å². The fourth-order valence-electron chi connectivity index (χ4n) is 1.51. The Hall–Kier alpha value is 0.512. The highest BCUT2D eigenvalue weighted by molar-refractivity contribution is 6.93. The van der Waals surface area contributed by atoms with Crippen LogP contribution in [-0.2, 0) is 9.10 Å². The van der Waals surface area contributed by atoms with Crippen molar-refractivity contribution in [3.63, 3.8) is 0 Å². The maximum Gasteiger partial charge on any atom is 0.505 e. The lowest BCUT2D eigenvalue weighted by molar-refractivity contribution is 0.824. The minimum absolute atomic E-state index is 0. The number of hydrogen-bond acceptors (Lipinski definition) is 0. The topological polar surface area (TPSA) is 31.5 Å². The van der Waals surface area contributed by atoms with E-state index in [9.17, 15) is 0 Å². The third-order valence-electron chi connectivity index (χ3n) is 2.45. The van der Waals surface area contributed by atoms with Gasteiger partial charge in [0.2, 0.25) is 0 Å². The molecular weight excluding hydrogens is 304 g/mol. The van der Waals surface area contributed by atoms with Crippen molar-refractivity contribution in [3.8, 4) is 0 Å². The molecular formula is C14H16Cl2Mg2O. The van der Waals surface area contributed by atoms with E-state index in [0.29, 0.717) is 0 Å². The molecule has 0 spiro atoms. The molecule has 0 aromatic heterocycles. The quantitative estimate of drug-likeness (QED) is 0.775. The molecule has 0 aliphatic rings. The van der Waals surface area contributed by atoms with Crippen molar-refractivity contribution in [2.45, 2.75) is 9.10 Å². The molecule has 0 bridgehead atoms. The minimum atomic E-state index is -0.312. The number of halogens is 2. The molecule has 0 saturated heterocycles. The zero-order valence-electron chi connectivity index (χ0n) is 10.9. The van der Waals surface area contributed by atoms with Gasteiger partial charge in [0.25, 0.3) is 0 Å². The van der Waals surface area contributed by atoms with Gasteiger partial charge in [-0.2, -0.15) is 0 Å². The summed E-state index contributed by atoms with van der Waals surface area (Å²) in [5.41, 5.74) is 2.75. The van der Waals surface area contributed by atoms with Gasteiger partial charge in [0.1, 0.15) is 0 Å². The molecule has 2 N–H and O–H groups in total. The van der Waals surface area contributed by atoms with Gasteiger partial charge in [0.15, 0.2) is 0 Å². The maximum atomic E-state index is 5.67. The Morgan fingerprint density at radius 2 is 0.947 bits per heavy atom. The molecule has 0 atom stereocenters. The van der Waals surface area contributed by atoms with Crippen molar-refractivity contribution >= 4 is 56.7 Å². The molecule has 5 heteroatoms. The third kappa shape index (κ3) is 9.96. The molecule has 0 radical (unpaired) electrons. The first-order chi connectivity index (χ1) is 8.86. The van der Waals surface area contributed by atoms with Gasteiger partial charge >= 0.3 is 38.5 Å². The molecule has 0 unspecified atom stereocenters. The van der Waals surface area contributed by atoms with E-state index in [1.54, 1.807) is 0 Å². The molecule has 0 heterocycles. The molecule has 0 aliphatic carbocycles. The van der Waals surface area contributed by atoms with Crippen LogP contribution in [0.1, 0.15) is 11.1 Å². The summed E-state index contributed by atoms with van der Waals surface area (Å²) in [5.74, 6) is 0. The molecule has 2 aromatic carbocycles. The van der Waals surface area contributed by atoms with Crippen LogP contribution in [0.4, 0.5) is 0 Å². The molecule has 0 saturated carbocycles. The number of rotatable bonds is 4. The Bertz CT molecular complexity index is 371. The van der Waals surface area contributed by atoms with E-state index in [4.69, 9.17) is 18.1 Å². The summed E-state index contributed by atoms with van der Waals surface area (Å²) in [7, 11) is 11.3. The fourth-order valence-corrected chi connectivity index (χ4v) is 3.92. The Morgan fingerprint density at radius 3 is 1.21 bits per heavy atom. The normalized spacial score (nSPS) is 8.11. The lowest BCUT2D eigenvalue weighted by Gasteiger charge is -1.92. The van der Waals surface area contributed by atoms with Gasteiger partial charge in [-0.1, -0.05) is 80.9 Å². The second kappa shape index (κ2) is 13.5. The Morgan fingerprint density at radius 1 is 0.632 bits per heavy atom. The van der Waals surface area contributed by atoms with Gasteiger partial charge in [-0.25, -0.2) is 0 Å². The first-order valence-corrected chi connectivity index (χ1v) is 12.3. The van der Waals surface area contributed by atoms with Gasteiger partial charge in [0, 0.05) is 0 Å². The van der Waals surface area contributed by atoms with Crippen molar-refractivity contribution < 1.29 is 5.48 Å². The van der Waals surface area contributed by atoms with Crippen molar-refractivity contribution in [2.75, 3.05) is 0 Å². The number of benzene rings is 2. The summed E-state index contributed by atoms with van der Waals surface area (Å²) in [6, 6.07) is 20.7. The molecule has 2 rings (SSSR count). The molecule has 0 fully saturated rings. The Kier molecular flexibility index (Phi) is 13.9. The van der Waals surface area contributed by atoms with Crippen LogP contribution < -0.4 is 0 Å². The Balaban J connectivity index is 0.000000324. The van der Waals surface area contributed by atoms with Crippen molar-refractivity contribution in [1.82, 2.24) is 0 Å². The lowest BCUT2D eigenvalue weighted by Crippen LogP contribution is -1.86. The molecule has 0 aliphatic heterocycles. The predicted octanol–water partition coefficient (Wildman–Crippen LogP) is 3.26. The summed E-state index contributed by atoms with van der Waals surface area (Å²) in [6.07, 6.45) is 0. The summed E-state index contributed by atoms with van der Waals surface area (Å²) >= 11 is -0.624. The first kappa shape index (κ1) is 19.5. The minimum Gasteiger partial charge on any atom is -0.412 e. The van der Waals surface area contributed by atoms with Crippen LogP contribution in [-0.4, -0.2) is 44.0 Å². The average Bonchev–Trinajstić information content (AvgIpc) is 2.43. The zero-order valence-corrected chi connectivity index (χ0v) is 15.2. The lowest BCUT2D eigenvalue weighted by atomic mass is 10.2. The van der Waals surface area contributed by atoms with Crippen molar-refractivity contribution in [1.29, 1.82) is 0 Å².